The second-order valence-electron chi connectivity index (χ2n) is 10.5. The second kappa shape index (κ2) is 11.9. The number of hydrogen-bond acceptors (Lipinski definition) is 7. The fourth-order valence-electron chi connectivity index (χ4n) is 5.43. The summed E-state index contributed by atoms with van der Waals surface area (Å²) in [6, 6.07) is 27.3. The molecule has 0 bridgehead atoms. The lowest BCUT2D eigenvalue weighted by Crippen LogP contribution is -2.41. The monoisotopic (exact) mass is 609 g/mol. The number of hydrogen-bond donors (Lipinski definition) is 0. The topological polar surface area (TPSA) is 98.3 Å². The number of methoxy groups -OCH3 is 2. The summed E-state index contributed by atoms with van der Waals surface area (Å²) in [7, 11) is -0.978. The van der Waals surface area contributed by atoms with Gasteiger partial charge in [0.15, 0.2) is 11.5 Å². The first kappa shape index (κ1) is 29.0. The summed E-state index contributed by atoms with van der Waals surface area (Å²) >= 11 is 0. The number of benzene rings is 4. The fraction of sp³-hybridized carbons (Fsp3) is 0.176. The summed E-state index contributed by atoms with van der Waals surface area (Å²) in [5.74, 6) is 2.17. The van der Waals surface area contributed by atoms with Gasteiger partial charge in [0.05, 0.1) is 25.2 Å². The van der Waals surface area contributed by atoms with E-state index in [1.54, 1.807) is 81.1 Å². The van der Waals surface area contributed by atoms with Crippen molar-refractivity contribution in [3.8, 4) is 23.0 Å². The van der Waals surface area contributed by atoms with Gasteiger partial charge in [-0.15, -0.1) is 0 Å². The van der Waals surface area contributed by atoms with Crippen LogP contribution in [0.1, 0.15) is 11.1 Å². The summed E-state index contributed by atoms with van der Waals surface area (Å²) < 4.78 is 45.8. The maximum atomic E-state index is 13.8. The highest BCUT2D eigenvalue weighted by Crippen LogP contribution is 2.39. The van der Waals surface area contributed by atoms with E-state index in [2.05, 4.69) is 4.98 Å². The number of rotatable bonds is 9. The number of anilines is 1. The summed E-state index contributed by atoms with van der Waals surface area (Å²) in [5.41, 5.74) is 3.04. The molecule has 6 rings (SSSR count). The highest BCUT2D eigenvalue weighted by atomic mass is 32.2. The molecule has 1 unspecified atom stereocenters. The van der Waals surface area contributed by atoms with Crippen molar-refractivity contribution in [3.05, 3.63) is 114 Å². The number of amides is 2. The molecule has 1 aliphatic rings. The van der Waals surface area contributed by atoms with Crippen LogP contribution in [0.2, 0.25) is 0 Å². The second-order valence-corrected chi connectivity index (χ2v) is 12.3. The van der Waals surface area contributed by atoms with Crippen LogP contribution in [0.5, 0.6) is 23.0 Å². The van der Waals surface area contributed by atoms with Crippen LogP contribution in [-0.4, -0.2) is 50.5 Å². The van der Waals surface area contributed by atoms with Gasteiger partial charge in [-0.3, -0.25) is 9.88 Å². The number of sulfonamides is 1. The molecule has 10 heteroatoms. The molecule has 0 spiro atoms. The van der Waals surface area contributed by atoms with Gasteiger partial charge in [0.25, 0.3) is 10.0 Å². The molecule has 1 fully saturated rings. The van der Waals surface area contributed by atoms with E-state index in [1.807, 2.05) is 43.3 Å². The van der Waals surface area contributed by atoms with Crippen molar-refractivity contribution in [2.75, 3.05) is 25.7 Å². The van der Waals surface area contributed by atoms with Gasteiger partial charge in [-0.1, -0.05) is 48.0 Å². The Morgan fingerprint density at radius 3 is 2.25 bits per heavy atom. The predicted octanol–water partition coefficient (Wildman–Crippen LogP) is 6.59. The molecule has 4 aromatic carbocycles. The van der Waals surface area contributed by atoms with Crippen LogP contribution in [0.15, 0.2) is 108 Å². The molecule has 224 valence electrons. The van der Waals surface area contributed by atoms with Crippen LogP contribution < -0.4 is 19.1 Å². The summed E-state index contributed by atoms with van der Waals surface area (Å²) in [6.45, 7) is 2.09. The molecule has 0 N–H and O–H groups in total. The normalized spacial score (nSPS) is 15.1. The van der Waals surface area contributed by atoms with Crippen molar-refractivity contribution in [1.29, 1.82) is 0 Å². The summed E-state index contributed by atoms with van der Waals surface area (Å²) in [6.07, 6.45) is 2.02. The lowest BCUT2D eigenvalue weighted by atomic mass is 10.1. The van der Waals surface area contributed by atoms with Gasteiger partial charge >= 0.3 is 6.03 Å². The average molecular weight is 610 g/mol. The van der Waals surface area contributed by atoms with Crippen LogP contribution in [0.3, 0.4) is 0 Å². The number of aromatic nitrogens is 1. The van der Waals surface area contributed by atoms with Gasteiger partial charge in [0.2, 0.25) is 0 Å². The van der Waals surface area contributed by atoms with Gasteiger partial charge in [0, 0.05) is 23.8 Å². The van der Waals surface area contributed by atoms with E-state index in [4.69, 9.17) is 14.2 Å². The molecule has 1 aliphatic heterocycles. The van der Waals surface area contributed by atoms with E-state index >= 15 is 0 Å². The minimum Gasteiger partial charge on any atom is -0.493 e. The Morgan fingerprint density at radius 1 is 0.841 bits per heavy atom. The zero-order valence-corrected chi connectivity index (χ0v) is 25.3. The number of ether oxygens (including phenoxy) is 3. The number of fused-ring (bicyclic) bond motifs is 1. The van der Waals surface area contributed by atoms with Gasteiger partial charge in [-0.2, -0.15) is 0 Å². The third kappa shape index (κ3) is 5.40. The number of pyridine rings is 1. The van der Waals surface area contributed by atoms with Crippen molar-refractivity contribution in [1.82, 2.24) is 9.29 Å². The highest BCUT2D eigenvalue weighted by molar-refractivity contribution is 7.89. The molecule has 1 atom stereocenters. The van der Waals surface area contributed by atoms with E-state index in [9.17, 15) is 13.2 Å². The van der Waals surface area contributed by atoms with E-state index in [0.717, 1.165) is 20.8 Å². The standard InChI is InChI=1S/C34H31N3O6S/c1-23-9-15-28(16-10-23)44(39,40)37-26(21-24-7-5-4-6-8-24)22-36(34(37)38)25-11-13-27(14-12-25)43-30-19-20-35-32-29(30)17-18-31(41-2)33(32)42-3/h4-20,26H,21-22H2,1-3H3. The van der Waals surface area contributed by atoms with Crippen molar-refractivity contribution >= 4 is 32.6 Å². The van der Waals surface area contributed by atoms with Crippen LogP contribution in [0.4, 0.5) is 10.5 Å². The van der Waals surface area contributed by atoms with Crippen molar-refractivity contribution in [2.45, 2.75) is 24.3 Å². The molecular weight excluding hydrogens is 578 g/mol. The number of nitrogens with zero attached hydrogens (tertiary/aromatic N) is 3. The Bertz CT molecular complexity index is 1910. The molecular formula is C34H31N3O6S. The Hall–Kier alpha value is -5.09. The molecule has 1 aromatic heterocycles. The summed E-state index contributed by atoms with van der Waals surface area (Å²) in [5, 5.41) is 0.740. The van der Waals surface area contributed by atoms with Gasteiger partial charge in [-0.25, -0.2) is 17.5 Å². The van der Waals surface area contributed by atoms with E-state index in [0.29, 0.717) is 40.6 Å². The first-order chi connectivity index (χ1) is 21.3. The van der Waals surface area contributed by atoms with Crippen molar-refractivity contribution < 1.29 is 27.4 Å². The first-order valence-corrected chi connectivity index (χ1v) is 15.5. The summed E-state index contributed by atoms with van der Waals surface area (Å²) in [4.78, 5) is 19.9. The predicted molar refractivity (Wildman–Crippen MR) is 168 cm³/mol. The maximum Gasteiger partial charge on any atom is 0.338 e. The molecule has 9 nitrogen and oxygen atoms in total. The number of aryl methyl sites for hydroxylation is 1. The number of carbonyl (C=O) groups is 1. The Kier molecular flexibility index (Phi) is 7.84. The quantitative estimate of drug-likeness (QED) is 0.186. The lowest BCUT2D eigenvalue weighted by molar-refractivity contribution is 0.234. The van der Waals surface area contributed by atoms with Gasteiger partial charge < -0.3 is 14.2 Å². The SMILES string of the molecule is COc1ccc2c(Oc3ccc(N4CC(Cc5ccccc5)N(S(=O)(=O)c5ccc(C)cc5)C4=O)cc3)ccnc2c1OC. The van der Waals surface area contributed by atoms with Crippen molar-refractivity contribution in [3.63, 3.8) is 0 Å². The molecule has 0 saturated carbocycles. The van der Waals surface area contributed by atoms with Crippen LogP contribution in [0, 0.1) is 6.92 Å². The first-order valence-electron chi connectivity index (χ1n) is 14.0. The van der Waals surface area contributed by atoms with Gasteiger partial charge in [-0.05, 0) is 73.5 Å². The van der Waals surface area contributed by atoms with Crippen molar-refractivity contribution in [2.24, 2.45) is 0 Å². The number of carbonyl (C=O) groups excluding carboxylic acids is 1. The third-order valence-corrected chi connectivity index (χ3v) is 9.47. The zero-order valence-electron chi connectivity index (χ0n) is 24.5. The molecule has 2 amide bonds. The van der Waals surface area contributed by atoms with Gasteiger partial charge in [0.1, 0.15) is 17.0 Å². The molecule has 44 heavy (non-hydrogen) atoms. The van der Waals surface area contributed by atoms with E-state index in [-0.39, 0.29) is 11.4 Å². The van der Waals surface area contributed by atoms with Crippen LogP contribution in [0.25, 0.3) is 10.9 Å². The smallest absolute Gasteiger partial charge is 0.338 e. The molecule has 0 radical (unpaired) electrons. The lowest BCUT2D eigenvalue weighted by Gasteiger charge is -2.23. The largest absolute Gasteiger partial charge is 0.493 e. The number of urea groups is 1. The molecule has 1 saturated heterocycles. The highest BCUT2D eigenvalue weighted by Gasteiger charge is 2.45. The average Bonchev–Trinajstić information content (AvgIpc) is 3.37. The molecule has 5 aromatic rings. The van der Waals surface area contributed by atoms with Crippen LogP contribution >= 0.6 is 0 Å². The zero-order chi connectivity index (χ0) is 30.8. The fourth-order valence-corrected chi connectivity index (χ4v) is 6.97. The Labute approximate surface area is 256 Å². The van der Waals surface area contributed by atoms with E-state index in [1.165, 1.54) is 4.90 Å². The maximum absolute atomic E-state index is 13.8. The third-order valence-electron chi connectivity index (χ3n) is 7.63. The molecule has 0 aliphatic carbocycles. The minimum atomic E-state index is -4.10. The molecule has 2 heterocycles. The van der Waals surface area contributed by atoms with Crippen LogP contribution in [-0.2, 0) is 16.4 Å². The Balaban J connectivity index is 1.29. The Morgan fingerprint density at radius 2 is 1.57 bits per heavy atom. The van der Waals surface area contributed by atoms with E-state index < -0.39 is 22.1 Å². The minimum absolute atomic E-state index is 0.0823.